The summed E-state index contributed by atoms with van der Waals surface area (Å²) in [5, 5.41) is 0. The van der Waals surface area contributed by atoms with Crippen LogP contribution in [-0.4, -0.2) is 14.5 Å². The molecule has 2 aromatic heterocycles. The van der Waals surface area contributed by atoms with Crippen molar-refractivity contribution in [3.8, 4) is 11.5 Å². The third-order valence-corrected chi connectivity index (χ3v) is 4.43. The van der Waals surface area contributed by atoms with Gasteiger partial charge in [-0.3, -0.25) is 9.36 Å². The number of fused-ring (bicyclic) bond motifs is 2. The molecule has 0 atom stereocenters. The maximum Gasteiger partial charge on any atom is 0.283 e. The van der Waals surface area contributed by atoms with Crippen LogP contribution in [0.3, 0.4) is 0 Å². The first-order valence-electron chi connectivity index (χ1n) is 6.89. The number of aryl methyl sites for hydroxylation is 1. The molecule has 1 aromatic carbocycles. The Balaban J connectivity index is 1.97. The minimum absolute atomic E-state index is 0.100. The van der Waals surface area contributed by atoms with E-state index >= 15 is 0 Å². The second-order valence-corrected chi connectivity index (χ2v) is 5.95. The number of rotatable bonds is 1. The van der Waals surface area contributed by atoms with E-state index in [1.54, 1.807) is 4.57 Å². The van der Waals surface area contributed by atoms with Crippen LogP contribution >= 0.6 is 15.9 Å². The van der Waals surface area contributed by atoms with E-state index in [1.807, 2.05) is 24.3 Å². The van der Waals surface area contributed by atoms with Gasteiger partial charge < -0.3 is 4.42 Å². The summed E-state index contributed by atoms with van der Waals surface area (Å²) in [5.41, 5.74) is 1.36. The topological polar surface area (TPSA) is 60.9 Å². The van der Waals surface area contributed by atoms with Crippen molar-refractivity contribution in [2.45, 2.75) is 25.8 Å². The lowest BCUT2D eigenvalue weighted by Gasteiger charge is -2.15. The van der Waals surface area contributed by atoms with Gasteiger partial charge in [-0.15, -0.1) is 0 Å². The molecule has 1 aliphatic heterocycles. The number of aromatic nitrogens is 3. The van der Waals surface area contributed by atoms with Crippen molar-refractivity contribution in [1.82, 2.24) is 14.5 Å². The molecule has 0 amide bonds. The van der Waals surface area contributed by atoms with Crippen LogP contribution in [-0.2, 0) is 13.0 Å². The molecule has 6 heteroatoms. The molecule has 0 saturated heterocycles. The maximum atomic E-state index is 12.5. The zero-order valence-corrected chi connectivity index (χ0v) is 12.8. The molecule has 5 nitrogen and oxygen atoms in total. The molecule has 3 heterocycles. The first-order valence-corrected chi connectivity index (χ1v) is 7.68. The van der Waals surface area contributed by atoms with Crippen molar-refractivity contribution in [2.24, 2.45) is 0 Å². The third-order valence-electron chi connectivity index (χ3n) is 3.74. The highest BCUT2D eigenvalue weighted by Crippen LogP contribution is 2.29. The molecule has 0 unspecified atom stereocenters. The van der Waals surface area contributed by atoms with Gasteiger partial charge in [-0.2, -0.15) is 4.98 Å². The number of benzene rings is 1. The van der Waals surface area contributed by atoms with Crippen LogP contribution in [0.15, 0.2) is 37.9 Å². The van der Waals surface area contributed by atoms with E-state index in [-0.39, 0.29) is 5.56 Å². The summed E-state index contributed by atoms with van der Waals surface area (Å²) < 4.78 is 8.31. The predicted molar refractivity (Wildman–Crippen MR) is 82.1 cm³/mol. The molecule has 1 aliphatic rings. The zero-order valence-electron chi connectivity index (χ0n) is 11.2. The van der Waals surface area contributed by atoms with E-state index < -0.39 is 0 Å². The average Bonchev–Trinajstić information content (AvgIpc) is 2.92. The fourth-order valence-electron chi connectivity index (χ4n) is 2.67. The maximum absolute atomic E-state index is 12.5. The number of hydrogen-bond donors (Lipinski definition) is 0. The van der Waals surface area contributed by atoms with E-state index in [4.69, 9.17) is 4.42 Å². The summed E-state index contributed by atoms with van der Waals surface area (Å²) >= 11 is 3.47. The molecule has 0 N–H and O–H groups in total. The minimum Gasteiger partial charge on any atom is -0.417 e. The van der Waals surface area contributed by atoms with Gasteiger partial charge in [-0.25, -0.2) is 4.98 Å². The minimum atomic E-state index is -0.100. The van der Waals surface area contributed by atoms with Crippen LogP contribution < -0.4 is 5.56 Å². The van der Waals surface area contributed by atoms with Gasteiger partial charge in [-0.1, -0.05) is 12.1 Å². The highest BCUT2D eigenvalue weighted by Gasteiger charge is 2.20. The Bertz CT molecular complexity index is 898. The lowest BCUT2D eigenvalue weighted by Crippen LogP contribution is -2.28. The van der Waals surface area contributed by atoms with Crippen molar-refractivity contribution in [3.05, 3.63) is 44.9 Å². The van der Waals surface area contributed by atoms with Gasteiger partial charge in [0.05, 0.1) is 5.56 Å². The highest BCUT2D eigenvalue weighted by molar-refractivity contribution is 9.10. The fourth-order valence-corrected chi connectivity index (χ4v) is 3.13. The van der Waals surface area contributed by atoms with Gasteiger partial charge in [-0.05, 0) is 40.9 Å². The van der Waals surface area contributed by atoms with E-state index in [2.05, 4.69) is 25.9 Å². The summed E-state index contributed by atoms with van der Waals surface area (Å²) in [7, 11) is 0. The second-order valence-electron chi connectivity index (χ2n) is 5.09. The average molecular weight is 346 g/mol. The molecule has 0 saturated carbocycles. The SMILES string of the molecule is O=c1c2nc(-c3ccccc3Br)oc2nc2n1CCCC2. The van der Waals surface area contributed by atoms with Gasteiger partial charge in [0.1, 0.15) is 5.82 Å². The van der Waals surface area contributed by atoms with Crippen LogP contribution in [0.25, 0.3) is 22.7 Å². The smallest absolute Gasteiger partial charge is 0.283 e. The van der Waals surface area contributed by atoms with Gasteiger partial charge in [0.2, 0.25) is 5.89 Å². The Hall–Kier alpha value is -1.95. The lowest BCUT2D eigenvalue weighted by molar-refractivity contribution is 0.494. The Kier molecular flexibility index (Phi) is 2.92. The van der Waals surface area contributed by atoms with Crippen LogP contribution in [0.4, 0.5) is 0 Å². The van der Waals surface area contributed by atoms with Gasteiger partial charge in [0, 0.05) is 17.4 Å². The summed E-state index contributed by atoms with van der Waals surface area (Å²) in [6.45, 7) is 0.717. The molecule has 21 heavy (non-hydrogen) atoms. The Labute approximate surface area is 128 Å². The van der Waals surface area contributed by atoms with Gasteiger partial charge >= 0.3 is 0 Å². The standard InChI is InChI=1S/C15H12BrN3O2/c16-10-6-2-1-5-9(10)13-18-12-14(21-13)17-11-7-3-4-8-19(11)15(12)20/h1-2,5-6H,3-4,7-8H2. The molecule has 0 spiro atoms. The molecular weight excluding hydrogens is 334 g/mol. The van der Waals surface area contributed by atoms with Crippen molar-refractivity contribution in [1.29, 1.82) is 0 Å². The van der Waals surface area contributed by atoms with Crippen molar-refractivity contribution in [2.75, 3.05) is 0 Å². The quantitative estimate of drug-likeness (QED) is 0.679. The summed E-state index contributed by atoms with van der Waals surface area (Å²) in [6.07, 6.45) is 2.88. The predicted octanol–water partition coefficient (Wildman–Crippen LogP) is 3.15. The van der Waals surface area contributed by atoms with E-state index in [9.17, 15) is 4.79 Å². The Morgan fingerprint density at radius 1 is 1.19 bits per heavy atom. The number of oxazole rings is 1. The van der Waals surface area contributed by atoms with Crippen LogP contribution in [0.2, 0.25) is 0 Å². The highest BCUT2D eigenvalue weighted by atomic mass is 79.9. The Morgan fingerprint density at radius 3 is 2.90 bits per heavy atom. The Morgan fingerprint density at radius 2 is 2.05 bits per heavy atom. The van der Waals surface area contributed by atoms with Crippen molar-refractivity contribution < 1.29 is 4.42 Å². The summed E-state index contributed by atoms with van der Waals surface area (Å²) in [4.78, 5) is 21.3. The number of hydrogen-bond acceptors (Lipinski definition) is 4. The van der Waals surface area contributed by atoms with Crippen molar-refractivity contribution >= 4 is 27.2 Å². The molecule has 0 aliphatic carbocycles. The van der Waals surface area contributed by atoms with Crippen LogP contribution in [0, 0.1) is 0 Å². The van der Waals surface area contributed by atoms with Crippen LogP contribution in [0.1, 0.15) is 18.7 Å². The van der Waals surface area contributed by atoms with Crippen LogP contribution in [0.5, 0.6) is 0 Å². The summed E-state index contributed by atoms with van der Waals surface area (Å²) in [5.74, 6) is 1.22. The summed E-state index contributed by atoms with van der Waals surface area (Å²) in [6, 6.07) is 7.63. The first-order chi connectivity index (χ1) is 10.2. The third kappa shape index (κ3) is 2.01. The number of halogens is 1. The normalized spacial score (nSPS) is 14.3. The largest absolute Gasteiger partial charge is 0.417 e. The van der Waals surface area contributed by atoms with E-state index in [1.165, 1.54) is 0 Å². The molecular formula is C15H12BrN3O2. The van der Waals surface area contributed by atoms with Gasteiger partial charge in [0.15, 0.2) is 5.52 Å². The molecule has 4 rings (SSSR count). The number of nitrogens with zero attached hydrogens (tertiary/aromatic N) is 3. The van der Waals surface area contributed by atoms with Crippen molar-refractivity contribution in [3.63, 3.8) is 0 Å². The zero-order chi connectivity index (χ0) is 14.4. The molecule has 0 radical (unpaired) electrons. The monoisotopic (exact) mass is 345 g/mol. The van der Waals surface area contributed by atoms with E-state index in [0.29, 0.717) is 23.7 Å². The fraction of sp³-hybridized carbons (Fsp3) is 0.267. The first kappa shape index (κ1) is 12.8. The molecule has 3 aromatic rings. The molecule has 0 bridgehead atoms. The lowest BCUT2D eigenvalue weighted by atomic mass is 10.1. The molecule has 0 fully saturated rings. The second kappa shape index (κ2) is 4.80. The van der Waals surface area contributed by atoms with E-state index in [0.717, 1.165) is 35.1 Å². The molecule has 106 valence electrons. The van der Waals surface area contributed by atoms with Gasteiger partial charge in [0.25, 0.3) is 11.3 Å².